The number of aliphatic carboxylic acids is 1. The Bertz CT molecular complexity index is 244. The molecule has 0 aliphatic carbocycles. The molecule has 0 aromatic heterocycles. The molecular formula is C8H14FNO4. The zero-order valence-electron chi connectivity index (χ0n) is 8.33. The zero-order valence-corrected chi connectivity index (χ0v) is 8.33. The number of esters is 1. The van der Waals surface area contributed by atoms with Crippen molar-refractivity contribution in [3.05, 3.63) is 0 Å². The molecule has 0 aliphatic heterocycles. The molecule has 0 radical (unpaired) electrons. The molecule has 0 aromatic carbocycles. The van der Waals surface area contributed by atoms with Gasteiger partial charge in [-0.3, -0.25) is 10.5 Å². The second kappa shape index (κ2) is 3.91. The summed E-state index contributed by atoms with van der Waals surface area (Å²) < 4.78 is 17.6. The molecule has 0 aliphatic rings. The van der Waals surface area contributed by atoms with E-state index in [-0.39, 0.29) is 0 Å². The number of carboxylic acid groups (broad SMARTS) is 1. The normalized spacial score (nSPS) is 15.8. The maximum absolute atomic E-state index is 12.9. The van der Waals surface area contributed by atoms with Crippen molar-refractivity contribution in [1.29, 1.82) is 0 Å². The van der Waals surface area contributed by atoms with Crippen LogP contribution in [0.2, 0.25) is 0 Å². The lowest BCUT2D eigenvalue weighted by atomic mass is 10.1. The SMILES string of the molecule is CC(C)(C)OC(=O)CC(N)(F)C(=O)O. The van der Waals surface area contributed by atoms with Crippen molar-refractivity contribution < 1.29 is 23.8 Å². The summed E-state index contributed by atoms with van der Waals surface area (Å²) in [5, 5.41) is 8.28. The van der Waals surface area contributed by atoms with Crippen LogP contribution in [0.3, 0.4) is 0 Å². The van der Waals surface area contributed by atoms with Gasteiger partial charge in [-0.1, -0.05) is 0 Å². The number of carboxylic acids is 1. The van der Waals surface area contributed by atoms with Gasteiger partial charge in [0, 0.05) is 0 Å². The molecule has 0 rings (SSSR count). The van der Waals surface area contributed by atoms with E-state index in [0.29, 0.717) is 0 Å². The molecule has 1 unspecified atom stereocenters. The minimum atomic E-state index is -3.07. The minimum Gasteiger partial charge on any atom is -0.478 e. The largest absolute Gasteiger partial charge is 0.478 e. The molecule has 0 fully saturated rings. The Morgan fingerprint density at radius 2 is 1.86 bits per heavy atom. The summed E-state index contributed by atoms with van der Waals surface area (Å²) in [5.74, 6) is -5.93. The first-order valence-electron chi connectivity index (χ1n) is 3.97. The summed E-state index contributed by atoms with van der Waals surface area (Å²) in [6, 6.07) is 0. The second-order valence-electron chi connectivity index (χ2n) is 3.93. The van der Waals surface area contributed by atoms with Gasteiger partial charge < -0.3 is 9.84 Å². The molecule has 0 spiro atoms. The second-order valence-corrected chi connectivity index (χ2v) is 3.93. The van der Waals surface area contributed by atoms with Gasteiger partial charge in [-0.25, -0.2) is 9.18 Å². The lowest BCUT2D eigenvalue weighted by Gasteiger charge is -2.21. The Kier molecular flexibility index (Phi) is 3.59. The Balaban J connectivity index is 4.27. The molecule has 0 amide bonds. The van der Waals surface area contributed by atoms with Crippen LogP contribution in [0.1, 0.15) is 27.2 Å². The van der Waals surface area contributed by atoms with Gasteiger partial charge in [0.2, 0.25) is 0 Å². The predicted octanol–water partition coefficient (Wildman–Crippen LogP) is 0.427. The number of halogens is 1. The van der Waals surface area contributed by atoms with Crippen LogP contribution in [-0.4, -0.2) is 28.4 Å². The maximum atomic E-state index is 12.9. The average molecular weight is 207 g/mol. The van der Waals surface area contributed by atoms with E-state index in [1.807, 2.05) is 0 Å². The van der Waals surface area contributed by atoms with Crippen LogP contribution in [0.5, 0.6) is 0 Å². The number of hydrogen-bond acceptors (Lipinski definition) is 4. The van der Waals surface area contributed by atoms with Crippen molar-refractivity contribution in [2.45, 2.75) is 38.6 Å². The van der Waals surface area contributed by atoms with E-state index in [2.05, 4.69) is 0 Å². The molecular weight excluding hydrogens is 193 g/mol. The Morgan fingerprint density at radius 1 is 1.43 bits per heavy atom. The molecule has 0 saturated carbocycles. The van der Waals surface area contributed by atoms with Crippen LogP contribution >= 0.6 is 0 Å². The van der Waals surface area contributed by atoms with Crippen molar-refractivity contribution >= 4 is 11.9 Å². The van der Waals surface area contributed by atoms with Crippen LogP contribution in [0.15, 0.2) is 0 Å². The van der Waals surface area contributed by atoms with Gasteiger partial charge >= 0.3 is 11.9 Å². The van der Waals surface area contributed by atoms with Crippen molar-refractivity contribution in [3.63, 3.8) is 0 Å². The van der Waals surface area contributed by atoms with E-state index in [1.54, 1.807) is 20.8 Å². The molecule has 3 N–H and O–H groups in total. The standard InChI is InChI=1S/C8H14FNO4/c1-7(2,3)14-5(11)4-8(9,10)6(12)13/h4,10H2,1-3H3,(H,12,13). The summed E-state index contributed by atoms with van der Waals surface area (Å²) in [6.45, 7) is 4.76. The lowest BCUT2D eigenvalue weighted by Crippen LogP contribution is -2.46. The molecule has 0 aromatic rings. The quantitative estimate of drug-likeness (QED) is 0.517. The first-order valence-corrected chi connectivity index (χ1v) is 3.97. The van der Waals surface area contributed by atoms with Gasteiger partial charge in [0.05, 0.1) is 0 Å². The first-order chi connectivity index (χ1) is 6.04. The molecule has 5 nitrogen and oxygen atoms in total. The predicted molar refractivity (Wildman–Crippen MR) is 46.1 cm³/mol. The lowest BCUT2D eigenvalue weighted by molar-refractivity contribution is -0.165. The maximum Gasteiger partial charge on any atom is 0.357 e. The highest BCUT2D eigenvalue weighted by atomic mass is 19.1. The fourth-order valence-electron chi connectivity index (χ4n) is 0.663. The number of ether oxygens (including phenoxy) is 1. The molecule has 0 bridgehead atoms. The summed E-state index contributed by atoms with van der Waals surface area (Å²) in [4.78, 5) is 21.2. The molecule has 0 saturated heterocycles. The van der Waals surface area contributed by atoms with Gasteiger partial charge in [-0.15, -0.1) is 0 Å². The van der Waals surface area contributed by atoms with Crippen molar-refractivity contribution in [1.82, 2.24) is 0 Å². The molecule has 1 atom stereocenters. The average Bonchev–Trinajstić information content (AvgIpc) is 1.79. The first kappa shape index (κ1) is 12.8. The van der Waals surface area contributed by atoms with Gasteiger partial charge in [0.15, 0.2) is 0 Å². The number of carbonyl (C=O) groups excluding carboxylic acids is 1. The summed E-state index contributed by atoms with van der Waals surface area (Å²) in [5.41, 5.74) is 3.93. The van der Waals surface area contributed by atoms with Crippen molar-refractivity contribution in [2.75, 3.05) is 0 Å². The highest BCUT2D eigenvalue weighted by Crippen LogP contribution is 2.14. The van der Waals surface area contributed by atoms with Crippen LogP contribution in [0, 0.1) is 0 Å². The molecule has 82 valence electrons. The summed E-state index contributed by atoms with van der Waals surface area (Å²) in [7, 11) is 0. The highest BCUT2D eigenvalue weighted by Gasteiger charge is 2.38. The third-order valence-electron chi connectivity index (χ3n) is 1.18. The number of carbonyl (C=O) groups is 2. The summed E-state index contributed by atoms with van der Waals surface area (Å²) >= 11 is 0. The number of hydrogen-bond donors (Lipinski definition) is 2. The summed E-state index contributed by atoms with van der Waals surface area (Å²) in [6.07, 6.45) is -1.00. The topological polar surface area (TPSA) is 89.6 Å². The Labute approximate surface area is 81.0 Å². The van der Waals surface area contributed by atoms with E-state index in [0.717, 1.165) is 0 Å². The van der Waals surface area contributed by atoms with E-state index >= 15 is 0 Å². The number of alkyl halides is 1. The van der Waals surface area contributed by atoms with E-state index in [1.165, 1.54) is 0 Å². The van der Waals surface area contributed by atoms with Gasteiger partial charge in [0.1, 0.15) is 12.0 Å². The Morgan fingerprint density at radius 3 is 2.14 bits per heavy atom. The Hall–Kier alpha value is -1.17. The zero-order chi connectivity index (χ0) is 11.6. The van der Waals surface area contributed by atoms with Crippen LogP contribution in [0.4, 0.5) is 4.39 Å². The van der Waals surface area contributed by atoms with Crippen molar-refractivity contribution in [3.8, 4) is 0 Å². The van der Waals surface area contributed by atoms with Crippen LogP contribution in [-0.2, 0) is 14.3 Å². The molecule has 6 heteroatoms. The highest BCUT2D eigenvalue weighted by molar-refractivity contribution is 5.83. The van der Waals surface area contributed by atoms with Gasteiger partial charge in [-0.2, -0.15) is 0 Å². The van der Waals surface area contributed by atoms with Gasteiger partial charge in [-0.05, 0) is 20.8 Å². The minimum absolute atomic E-state index is 0.786. The van der Waals surface area contributed by atoms with E-state index in [9.17, 15) is 14.0 Å². The van der Waals surface area contributed by atoms with Crippen LogP contribution in [0.25, 0.3) is 0 Å². The van der Waals surface area contributed by atoms with Crippen molar-refractivity contribution in [2.24, 2.45) is 5.73 Å². The van der Waals surface area contributed by atoms with E-state index < -0.39 is 29.8 Å². The molecule has 14 heavy (non-hydrogen) atoms. The fourth-order valence-corrected chi connectivity index (χ4v) is 0.663. The van der Waals surface area contributed by atoms with Gasteiger partial charge in [0.25, 0.3) is 5.79 Å². The monoisotopic (exact) mass is 207 g/mol. The number of nitrogens with two attached hydrogens (primary N) is 1. The van der Waals surface area contributed by atoms with Crippen LogP contribution < -0.4 is 5.73 Å². The smallest absolute Gasteiger partial charge is 0.357 e. The fraction of sp³-hybridized carbons (Fsp3) is 0.750. The number of rotatable bonds is 3. The van der Waals surface area contributed by atoms with E-state index in [4.69, 9.17) is 15.6 Å². The third-order valence-corrected chi connectivity index (χ3v) is 1.18. The third kappa shape index (κ3) is 4.76. The molecule has 0 heterocycles.